The maximum atomic E-state index is 12.3. The number of nitrogens with zero attached hydrogens (tertiary/aromatic N) is 1. The quantitative estimate of drug-likeness (QED) is 0.627. The highest BCUT2D eigenvalue weighted by Gasteiger charge is 2.20. The topological polar surface area (TPSA) is 130 Å². The third kappa shape index (κ3) is 2.28. The summed E-state index contributed by atoms with van der Waals surface area (Å²) in [4.78, 5) is 26.4. The summed E-state index contributed by atoms with van der Waals surface area (Å²) in [6.07, 6.45) is 0. The Kier molecular flexibility index (Phi) is 3.53. The molecule has 2 aromatic carbocycles. The predicted molar refractivity (Wildman–Crippen MR) is 80.1 cm³/mol. The van der Waals surface area contributed by atoms with Gasteiger partial charge in [0.15, 0.2) is 11.4 Å². The van der Waals surface area contributed by atoms with Crippen LogP contribution in [0.1, 0.15) is 0 Å². The molecule has 3 rings (SSSR count). The normalized spacial score (nSPS) is 10.7. The molecule has 0 fully saturated rings. The maximum absolute atomic E-state index is 12.3. The zero-order valence-corrected chi connectivity index (χ0v) is 11.7. The van der Waals surface area contributed by atoms with Crippen molar-refractivity contribution in [1.82, 2.24) is 0 Å². The van der Waals surface area contributed by atoms with Gasteiger partial charge in [-0.2, -0.15) is 0 Å². The lowest BCUT2D eigenvalue weighted by Crippen LogP contribution is -2.03. The van der Waals surface area contributed by atoms with Gasteiger partial charge in [0, 0.05) is 22.2 Å². The van der Waals surface area contributed by atoms with Gasteiger partial charge in [0.05, 0.1) is 0 Å². The fraction of sp³-hybridized carbons (Fsp3) is 0. The molecular weight excluding hydrogens is 325 g/mol. The average molecular weight is 333 g/mol. The molecule has 9 heteroatoms. The molecule has 3 N–H and O–H groups in total. The second kappa shape index (κ2) is 5.54. The monoisotopic (exact) mass is 333 g/mol. The minimum absolute atomic E-state index is 0.0322. The molecule has 1 heterocycles. The van der Waals surface area contributed by atoms with E-state index in [9.17, 15) is 29.5 Å². The van der Waals surface area contributed by atoms with Crippen LogP contribution in [0.4, 0.5) is 10.2 Å². The fourth-order valence-electron chi connectivity index (χ4n) is 2.27. The summed E-state index contributed by atoms with van der Waals surface area (Å²) in [7, 11) is 0. The van der Waals surface area contributed by atoms with Crippen LogP contribution >= 0.6 is 0 Å². The number of phenols is 2. The van der Waals surface area contributed by atoms with E-state index in [1.54, 1.807) is 0 Å². The van der Waals surface area contributed by atoms with Gasteiger partial charge in [0.1, 0.15) is 22.5 Å². The van der Waals surface area contributed by atoms with Crippen molar-refractivity contribution in [3.05, 3.63) is 45.5 Å². The summed E-state index contributed by atoms with van der Waals surface area (Å²) in [5.41, 5.74) is -1.53. The van der Waals surface area contributed by atoms with Crippen LogP contribution in [0.3, 0.4) is 0 Å². The van der Waals surface area contributed by atoms with Gasteiger partial charge in [-0.3, -0.25) is 9.74 Å². The second-order valence-corrected chi connectivity index (χ2v) is 4.80. The number of hydrogen-bond acceptors (Lipinski definition) is 8. The van der Waals surface area contributed by atoms with Crippen molar-refractivity contribution in [2.45, 2.75) is 0 Å². The molecular formula is C15H8FNO7. The van der Waals surface area contributed by atoms with Gasteiger partial charge in [0.2, 0.25) is 16.9 Å². The van der Waals surface area contributed by atoms with Crippen LogP contribution in [0.15, 0.2) is 44.7 Å². The number of benzene rings is 2. The summed E-state index contributed by atoms with van der Waals surface area (Å²) in [5.74, 6) is -2.58. The number of aromatic hydroxyl groups is 3. The second-order valence-electron chi connectivity index (χ2n) is 4.80. The van der Waals surface area contributed by atoms with Crippen molar-refractivity contribution in [3.8, 4) is 34.3 Å². The highest BCUT2D eigenvalue weighted by Crippen LogP contribution is 2.38. The molecule has 1 aromatic heterocycles. The van der Waals surface area contributed by atoms with E-state index in [1.165, 1.54) is 6.07 Å². The molecule has 0 bridgehead atoms. The van der Waals surface area contributed by atoms with Gasteiger partial charge in [-0.15, -0.1) is 4.91 Å². The molecule has 3 aromatic rings. The SMILES string of the molecule is O=Nc1cc(-c2oc3cc(O)cc(O)c3c(=O)c2O)ccc1OF. The molecule has 0 amide bonds. The van der Waals surface area contributed by atoms with Gasteiger partial charge < -0.3 is 19.7 Å². The van der Waals surface area contributed by atoms with Gasteiger partial charge >= 0.3 is 0 Å². The third-order valence-electron chi connectivity index (χ3n) is 3.34. The number of halogens is 1. The summed E-state index contributed by atoms with van der Waals surface area (Å²) in [6, 6.07) is 5.29. The lowest BCUT2D eigenvalue weighted by molar-refractivity contribution is -0.00541. The maximum Gasteiger partial charge on any atom is 0.238 e. The minimum Gasteiger partial charge on any atom is -0.508 e. The third-order valence-corrected chi connectivity index (χ3v) is 3.34. The fourth-order valence-corrected chi connectivity index (χ4v) is 2.27. The molecule has 0 radical (unpaired) electrons. The Morgan fingerprint density at radius 3 is 2.54 bits per heavy atom. The Labute approximate surface area is 131 Å². The Hall–Kier alpha value is -3.62. The van der Waals surface area contributed by atoms with Crippen LogP contribution in [-0.2, 0) is 0 Å². The highest BCUT2D eigenvalue weighted by atomic mass is 19.3. The van der Waals surface area contributed by atoms with Crippen LogP contribution in [0.5, 0.6) is 23.0 Å². The molecule has 0 atom stereocenters. The molecule has 8 nitrogen and oxygen atoms in total. The van der Waals surface area contributed by atoms with Crippen molar-refractivity contribution in [2.75, 3.05) is 0 Å². The smallest absolute Gasteiger partial charge is 0.238 e. The van der Waals surface area contributed by atoms with Gasteiger partial charge in [-0.1, -0.05) is 0 Å². The first-order valence-corrected chi connectivity index (χ1v) is 6.44. The minimum atomic E-state index is -0.949. The number of fused-ring (bicyclic) bond motifs is 1. The van der Waals surface area contributed by atoms with Crippen LogP contribution in [0.2, 0.25) is 0 Å². The summed E-state index contributed by atoms with van der Waals surface area (Å²) in [5, 5.41) is 31.5. The molecule has 24 heavy (non-hydrogen) atoms. The Balaban J connectivity index is 2.33. The van der Waals surface area contributed by atoms with Crippen molar-refractivity contribution in [3.63, 3.8) is 0 Å². The number of nitroso groups, excluding NO2 is 1. The summed E-state index contributed by atoms with van der Waals surface area (Å²) in [6.45, 7) is 0. The standard InChI is InChI=1S/C15H8FNO7/c16-24-10-2-1-6(3-8(10)17-22)15-14(21)13(20)12-9(19)4-7(18)5-11(12)23-15/h1-5,18-19,21H. The van der Waals surface area contributed by atoms with Crippen LogP contribution < -0.4 is 10.4 Å². The summed E-state index contributed by atoms with van der Waals surface area (Å²) >= 11 is 0. The van der Waals surface area contributed by atoms with E-state index in [2.05, 4.69) is 10.1 Å². The predicted octanol–water partition coefficient (Wildman–Crippen LogP) is 3.24. The highest BCUT2D eigenvalue weighted by molar-refractivity contribution is 5.88. The molecule has 0 aliphatic rings. The van der Waals surface area contributed by atoms with Gasteiger partial charge in [-0.25, -0.2) is 0 Å². The van der Waals surface area contributed by atoms with Crippen molar-refractivity contribution < 1.29 is 29.2 Å². The molecule has 0 spiro atoms. The molecule has 0 aliphatic heterocycles. The van der Waals surface area contributed by atoms with Gasteiger partial charge in [-0.05, 0) is 23.4 Å². The lowest BCUT2D eigenvalue weighted by atomic mass is 10.1. The molecule has 0 unspecified atom stereocenters. The first-order chi connectivity index (χ1) is 11.5. The van der Waals surface area contributed by atoms with E-state index in [1.807, 2.05) is 0 Å². The van der Waals surface area contributed by atoms with Gasteiger partial charge in [0.25, 0.3) is 0 Å². The largest absolute Gasteiger partial charge is 0.508 e. The van der Waals surface area contributed by atoms with Crippen molar-refractivity contribution in [2.24, 2.45) is 5.18 Å². The van der Waals surface area contributed by atoms with Crippen molar-refractivity contribution in [1.29, 1.82) is 0 Å². The van der Waals surface area contributed by atoms with E-state index in [0.29, 0.717) is 0 Å². The van der Waals surface area contributed by atoms with Crippen molar-refractivity contribution >= 4 is 16.7 Å². The van der Waals surface area contributed by atoms with Crippen LogP contribution in [0, 0.1) is 4.91 Å². The summed E-state index contributed by atoms with van der Waals surface area (Å²) < 4.78 is 17.6. The van der Waals surface area contributed by atoms with E-state index in [4.69, 9.17) is 4.42 Å². The van der Waals surface area contributed by atoms with E-state index < -0.39 is 28.4 Å². The first kappa shape index (κ1) is 15.3. The van der Waals surface area contributed by atoms with E-state index >= 15 is 0 Å². The van der Waals surface area contributed by atoms with E-state index in [-0.39, 0.29) is 28.0 Å². The van der Waals surface area contributed by atoms with Crippen LogP contribution in [-0.4, -0.2) is 15.3 Å². The molecule has 0 saturated heterocycles. The molecule has 0 aliphatic carbocycles. The molecule has 0 saturated carbocycles. The lowest BCUT2D eigenvalue weighted by Gasteiger charge is -2.08. The number of rotatable bonds is 3. The van der Waals surface area contributed by atoms with E-state index in [0.717, 1.165) is 24.3 Å². The Bertz CT molecular complexity index is 1030. The van der Waals surface area contributed by atoms with Crippen LogP contribution in [0.25, 0.3) is 22.3 Å². The zero-order valence-electron chi connectivity index (χ0n) is 11.7. The molecule has 122 valence electrons. The Morgan fingerprint density at radius 2 is 1.88 bits per heavy atom. The zero-order chi connectivity index (χ0) is 17.4. The number of hydrogen-bond donors (Lipinski definition) is 3. The number of phenolic OH excluding ortho intramolecular Hbond substituents is 2. The average Bonchev–Trinajstić information content (AvgIpc) is 2.56. The first-order valence-electron chi connectivity index (χ1n) is 6.44. The Morgan fingerprint density at radius 1 is 1.12 bits per heavy atom.